The van der Waals surface area contributed by atoms with Crippen LogP contribution >= 0.6 is 0 Å². The number of hydrogen-bond acceptors (Lipinski definition) is 5. The van der Waals surface area contributed by atoms with Crippen LogP contribution in [0.15, 0.2) is 4.99 Å². The van der Waals surface area contributed by atoms with Crippen LogP contribution in [0.1, 0.15) is 32.1 Å². The molecule has 0 bridgehead atoms. The molecule has 0 fully saturated rings. The third kappa shape index (κ3) is 11.7. The van der Waals surface area contributed by atoms with Gasteiger partial charge in [0.1, 0.15) is 6.04 Å². The molecule has 23 heavy (non-hydrogen) atoms. The lowest BCUT2D eigenvalue weighted by molar-refractivity contribution is -0.137. The molecule has 1 atom stereocenters. The van der Waals surface area contributed by atoms with Crippen molar-refractivity contribution in [1.82, 2.24) is 10.6 Å². The van der Waals surface area contributed by atoms with Gasteiger partial charge in [0.2, 0.25) is 17.7 Å². The van der Waals surface area contributed by atoms with E-state index in [4.69, 9.17) is 16.6 Å². The van der Waals surface area contributed by atoms with E-state index in [1.165, 1.54) is 0 Å². The van der Waals surface area contributed by atoms with Gasteiger partial charge in [-0.2, -0.15) is 0 Å². The fraction of sp³-hybridized carbons (Fsp3) is 0.615. The number of aliphatic imine (C=N–C) groups is 1. The lowest BCUT2D eigenvalue weighted by Gasteiger charge is -2.15. The van der Waals surface area contributed by atoms with Crippen molar-refractivity contribution in [3.8, 4) is 0 Å². The molecule has 0 saturated heterocycles. The van der Waals surface area contributed by atoms with E-state index in [9.17, 15) is 19.2 Å². The number of primary amides is 1. The van der Waals surface area contributed by atoms with Crippen LogP contribution in [0.3, 0.4) is 0 Å². The van der Waals surface area contributed by atoms with Crippen molar-refractivity contribution in [2.75, 3.05) is 13.1 Å². The van der Waals surface area contributed by atoms with Gasteiger partial charge in [-0.3, -0.25) is 24.2 Å². The monoisotopic (exact) mass is 329 g/mol. The number of nitrogens with zero attached hydrogens (tertiary/aromatic N) is 1. The van der Waals surface area contributed by atoms with Crippen molar-refractivity contribution in [2.24, 2.45) is 16.5 Å². The first kappa shape index (κ1) is 20.3. The Balaban J connectivity index is 4.05. The SMILES string of the molecule is NC=NCCCC(NC(=O)CNC(=O)CCCC(=O)O)C(N)=O. The number of hydrogen-bond donors (Lipinski definition) is 5. The summed E-state index contributed by atoms with van der Waals surface area (Å²) in [6, 6.07) is -0.848. The lowest BCUT2D eigenvalue weighted by atomic mass is 10.1. The molecule has 130 valence electrons. The quantitative estimate of drug-likeness (QED) is 0.158. The molecule has 0 aliphatic heterocycles. The summed E-state index contributed by atoms with van der Waals surface area (Å²) in [5, 5.41) is 13.2. The van der Waals surface area contributed by atoms with Gasteiger partial charge in [0, 0.05) is 19.4 Å². The molecule has 1 unspecified atom stereocenters. The minimum absolute atomic E-state index is 0.00984. The molecule has 0 aromatic carbocycles. The zero-order chi connectivity index (χ0) is 17.7. The highest BCUT2D eigenvalue weighted by atomic mass is 16.4. The molecule has 0 radical (unpaired) electrons. The number of aliphatic carboxylic acids is 1. The number of carbonyl (C=O) groups excluding carboxylic acids is 3. The van der Waals surface area contributed by atoms with Gasteiger partial charge >= 0.3 is 5.97 Å². The minimum Gasteiger partial charge on any atom is -0.481 e. The smallest absolute Gasteiger partial charge is 0.303 e. The Morgan fingerprint density at radius 2 is 1.83 bits per heavy atom. The third-order valence-electron chi connectivity index (χ3n) is 2.80. The van der Waals surface area contributed by atoms with Gasteiger partial charge in [-0.1, -0.05) is 0 Å². The molecular weight excluding hydrogens is 306 g/mol. The lowest BCUT2D eigenvalue weighted by Crippen LogP contribution is -2.48. The molecule has 0 rings (SSSR count). The van der Waals surface area contributed by atoms with Gasteiger partial charge in [0.05, 0.1) is 12.9 Å². The summed E-state index contributed by atoms with van der Waals surface area (Å²) in [5.74, 6) is -2.65. The van der Waals surface area contributed by atoms with Crippen molar-refractivity contribution >= 4 is 30.0 Å². The Kier molecular flexibility index (Phi) is 10.6. The number of carboxylic acids is 1. The second-order valence-corrected chi connectivity index (χ2v) is 4.74. The molecule has 0 aromatic heterocycles. The van der Waals surface area contributed by atoms with E-state index >= 15 is 0 Å². The third-order valence-corrected chi connectivity index (χ3v) is 2.80. The van der Waals surface area contributed by atoms with Gasteiger partial charge < -0.3 is 27.2 Å². The second kappa shape index (κ2) is 12.0. The molecule has 3 amide bonds. The number of amides is 3. The Bertz CT molecular complexity index is 452. The molecule has 0 aliphatic carbocycles. The first-order chi connectivity index (χ1) is 10.9. The molecule has 0 heterocycles. The predicted octanol–water partition coefficient (Wildman–Crippen LogP) is -1.91. The highest BCUT2D eigenvalue weighted by molar-refractivity contribution is 5.89. The summed E-state index contributed by atoms with van der Waals surface area (Å²) in [7, 11) is 0. The highest BCUT2D eigenvalue weighted by Crippen LogP contribution is 1.98. The summed E-state index contributed by atoms with van der Waals surface area (Å²) in [6.07, 6.45) is 2.06. The van der Waals surface area contributed by atoms with Crippen LogP contribution in [0.4, 0.5) is 0 Å². The molecule has 0 aliphatic rings. The highest BCUT2D eigenvalue weighted by Gasteiger charge is 2.17. The van der Waals surface area contributed by atoms with Crippen LogP contribution in [-0.4, -0.2) is 54.3 Å². The summed E-state index contributed by atoms with van der Waals surface area (Å²) in [5.41, 5.74) is 10.3. The number of carboxylic acid groups (broad SMARTS) is 1. The van der Waals surface area contributed by atoms with Crippen LogP contribution in [0, 0.1) is 0 Å². The van der Waals surface area contributed by atoms with E-state index in [1.54, 1.807) is 0 Å². The van der Waals surface area contributed by atoms with E-state index in [0.29, 0.717) is 19.4 Å². The first-order valence-electron chi connectivity index (χ1n) is 7.14. The molecule has 10 nitrogen and oxygen atoms in total. The minimum atomic E-state index is -0.987. The molecule has 0 aromatic rings. The fourth-order valence-electron chi connectivity index (χ4n) is 1.66. The normalized spacial score (nSPS) is 11.8. The van der Waals surface area contributed by atoms with E-state index in [2.05, 4.69) is 15.6 Å². The molecule has 0 spiro atoms. The van der Waals surface area contributed by atoms with Crippen molar-refractivity contribution in [3.63, 3.8) is 0 Å². The van der Waals surface area contributed by atoms with Crippen molar-refractivity contribution in [2.45, 2.75) is 38.1 Å². The van der Waals surface area contributed by atoms with Crippen LogP contribution < -0.4 is 22.1 Å². The Labute approximate surface area is 133 Å². The summed E-state index contributed by atoms with van der Waals surface area (Å²) in [4.78, 5) is 48.4. The molecule has 10 heteroatoms. The average Bonchev–Trinajstić information content (AvgIpc) is 2.47. The van der Waals surface area contributed by atoms with E-state index in [0.717, 1.165) is 6.34 Å². The summed E-state index contributed by atoms with van der Waals surface area (Å²) < 4.78 is 0. The van der Waals surface area contributed by atoms with Gasteiger partial charge in [-0.05, 0) is 19.3 Å². The molecule has 7 N–H and O–H groups in total. The van der Waals surface area contributed by atoms with E-state index in [1.807, 2.05) is 0 Å². The van der Waals surface area contributed by atoms with Crippen LogP contribution in [0.2, 0.25) is 0 Å². The maximum atomic E-state index is 11.7. The Morgan fingerprint density at radius 3 is 2.39 bits per heavy atom. The maximum absolute atomic E-state index is 11.7. The topological polar surface area (TPSA) is 177 Å². The van der Waals surface area contributed by atoms with Crippen LogP contribution in [0.25, 0.3) is 0 Å². The zero-order valence-electron chi connectivity index (χ0n) is 12.8. The summed E-state index contributed by atoms with van der Waals surface area (Å²) in [6.45, 7) is 0.104. The van der Waals surface area contributed by atoms with E-state index in [-0.39, 0.29) is 25.8 Å². The standard InChI is InChI=1S/C13H23N5O5/c14-8-16-6-2-3-9(13(15)23)18-11(20)7-17-10(19)4-1-5-12(21)22/h8-9H,1-7H2,(H2,14,16)(H2,15,23)(H,17,19)(H,18,20)(H,21,22). The number of nitrogens with one attached hydrogen (secondary N) is 2. The predicted molar refractivity (Wildman–Crippen MR) is 82.4 cm³/mol. The van der Waals surface area contributed by atoms with Gasteiger partial charge in [-0.25, -0.2) is 0 Å². The first-order valence-corrected chi connectivity index (χ1v) is 7.14. The Morgan fingerprint density at radius 1 is 1.13 bits per heavy atom. The van der Waals surface area contributed by atoms with E-state index < -0.39 is 29.7 Å². The largest absolute Gasteiger partial charge is 0.481 e. The van der Waals surface area contributed by atoms with Crippen molar-refractivity contribution < 1.29 is 24.3 Å². The van der Waals surface area contributed by atoms with Crippen LogP contribution in [-0.2, 0) is 19.2 Å². The maximum Gasteiger partial charge on any atom is 0.303 e. The molecular formula is C13H23N5O5. The second-order valence-electron chi connectivity index (χ2n) is 4.74. The molecule has 0 saturated carbocycles. The average molecular weight is 329 g/mol. The van der Waals surface area contributed by atoms with Gasteiger partial charge in [-0.15, -0.1) is 0 Å². The van der Waals surface area contributed by atoms with Gasteiger partial charge in [0.25, 0.3) is 0 Å². The fourth-order valence-corrected chi connectivity index (χ4v) is 1.66. The number of rotatable bonds is 12. The van der Waals surface area contributed by atoms with Crippen molar-refractivity contribution in [1.29, 1.82) is 0 Å². The summed E-state index contributed by atoms with van der Waals surface area (Å²) >= 11 is 0. The Hall–Kier alpha value is -2.65. The van der Waals surface area contributed by atoms with Gasteiger partial charge in [0.15, 0.2) is 0 Å². The zero-order valence-corrected chi connectivity index (χ0v) is 12.8. The number of carbonyl (C=O) groups is 4. The van der Waals surface area contributed by atoms with Crippen LogP contribution in [0.5, 0.6) is 0 Å². The van der Waals surface area contributed by atoms with Crippen molar-refractivity contribution in [3.05, 3.63) is 0 Å². The number of nitrogens with two attached hydrogens (primary N) is 2.